The maximum atomic E-state index is 12.1. The molecule has 1 aromatic heterocycles. The maximum Gasteiger partial charge on any atom is 0.255 e. The molecule has 1 amide bonds. The van der Waals surface area contributed by atoms with Crippen LogP contribution < -0.4 is 10.1 Å². The largest absolute Gasteiger partial charge is 0.496 e. The van der Waals surface area contributed by atoms with Crippen molar-refractivity contribution >= 4 is 21.8 Å². The molecule has 0 fully saturated rings. The van der Waals surface area contributed by atoms with E-state index >= 15 is 0 Å². The first-order valence-corrected chi connectivity index (χ1v) is 6.50. The Bertz CT molecular complexity index is 573. The molecule has 0 aliphatic carbocycles. The van der Waals surface area contributed by atoms with Crippen LogP contribution in [0.1, 0.15) is 15.9 Å². The highest BCUT2D eigenvalue weighted by Crippen LogP contribution is 2.22. The average molecular weight is 321 g/mol. The molecule has 0 bridgehead atoms. The number of hydrogen-bond donors (Lipinski definition) is 1. The van der Waals surface area contributed by atoms with Gasteiger partial charge in [0.25, 0.3) is 5.91 Å². The third kappa shape index (κ3) is 3.54. The number of carbonyl (C=O) groups excluding carboxylic acids is 1. The van der Waals surface area contributed by atoms with Crippen molar-refractivity contribution in [3.05, 3.63) is 58.3 Å². The molecular weight excluding hydrogens is 308 g/mol. The number of pyridine rings is 1. The second-order valence-corrected chi connectivity index (χ2v) is 4.80. The number of amides is 1. The Kier molecular flexibility index (Phi) is 4.52. The lowest BCUT2D eigenvalue weighted by molar-refractivity contribution is 0.0948. The zero-order valence-corrected chi connectivity index (χ0v) is 12.0. The Labute approximate surface area is 119 Å². The minimum absolute atomic E-state index is 0.171. The van der Waals surface area contributed by atoms with E-state index in [0.717, 1.165) is 10.0 Å². The predicted octanol–water partition coefficient (Wildman–Crippen LogP) is 2.78. The quantitative estimate of drug-likeness (QED) is 0.942. The number of ether oxygens (including phenoxy) is 1. The van der Waals surface area contributed by atoms with E-state index in [1.807, 2.05) is 18.2 Å². The molecular formula is C14H13BrN2O2. The first kappa shape index (κ1) is 13.5. The van der Waals surface area contributed by atoms with Gasteiger partial charge in [0.2, 0.25) is 0 Å². The fourth-order valence-electron chi connectivity index (χ4n) is 1.64. The van der Waals surface area contributed by atoms with Gasteiger partial charge in [-0.1, -0.05) is 15.9 Å². The molecule has 98 valence electrons. The van der Waals surface area contributed by atoms with Crippen molar-refractivity contribution in [2.75, 3.05) is 7.11 Å². The van der Waals surface area contributed by atoms with Crippen molar-refractivity contribution in [2.45, 2.75) is 6.54 Å². The van der Waals surface area contributed by atoms with E-state index in [9.17, 15) is 4.79 Å². The lowest BCUT2D eigenvalue weighted by Gasteiger charge is -2.09. The number of halogens is 1. The van der Waals surface area contributed by atoms with Gasteiger partial charge in [-0.15, -0.1) is 0 Å². The Morgan fingerprint density at radius 1 is 1.32 bits per heavy atom. The van der Waals surface area contributed by atoms with Gasteiger partial charge in [0.05, 0.1) is 12.7 Å². The van der Waals surface area contributed by atoms with E-state index < -0.39 is 0 Å². The van der Waals surface area contributed by atoms with Crippen molar-refractivity contribution in [1.82, 2.24) is 10.3 Å². The van der Waals surface area contributed by atoms with Crippen molar-refractivity contribution in [1.29, 1.82) is 0 Å². The molecule has 0 saturated carbocycles. The molecule has 4 nitrogen and oxygen atoms in total. The number of benzene rings is 1. The summed E-state index contributed by atoms with van der Waals surface area (Å²) in [6, 6.07) is 9.04. The minimum atomic E-state index is -0.171. The van der Waals surface area contributed by atoms with Crippen molar-refractivity contribution in [3.8, 4) is 5.75 Å². The van der Waals surface area contributed by atoms with E-state index in [2.05, 4.69) is 26.2 Å². The van der Waals surface area contributed by atoms with Crippen LogP contribution in [0.2, 0.25) is 0 Å². The summed E-state index contributed by atoms with van der Waals surface area (Å²) < 4.78 is 6.02. The van der Waals surface area contributed by atoms with Gasteiger partial charge in [0, 0.05) is 23.4 Å². The Hall–Kier alpha value is -1.88. The number of methoxy groups -OCH3 is 1. The summed E-state index contributed by atoms with van der Waals surface area (Å²) in [6.45, 7) is 0.455. The van der Waals surface area contributed by atoms with Crippen LogP contribution in [0.15, 0.2) is 47.2 Å². The normalized spacial score (nSPS) is 10.0. The lowest BCUT2D eigenvalue weighted by Crippen LogP contribution is -2.23. The summed E-state index contributed by atoms with van der Waals surface area (Å²) >= 11 is 3.35. The van der Waals surface area contributed by atoms with Gasteiger partial charge in [-0.05, 0) is 35.9 Å². The van der Waals surface area contributed by atoms with E-state index in [1.54, 1.807) is 31.6 Å². The number of rotatable bonds is 4. The minimum Gasteiger partial charge on any atom is -0.496 e. The lowest BCUT2D eigenvalue weighted by atomic mass is 10.2. The molecule has 19 heavy (non-hydrogen) atoms. The van der Waals surface area contributed by atoms with Crippen LogP contribution >= 0.6 is 15.9 Å². The van der Waals surface area contributed by atoms with E-state index in [0.29, 0.717) is 17.9 Å². The van der Waals surface area contributed by atoms with Crippen LogP contribution in [0.4, 0.5) is 0 Å². The first-order chi connectivity index (χ1) is 9.20. The van der Waals surface area contributed by atoms with Crippen LogP contribution in [0, 0.1) is 0 Å². The highest BCUT2D eigenvalue weighted by atomic mass is 79.9. The number of nitrogens with zero attached hydrogens (tertiary/aromatic N) is 1. The number of carbonyl (C=O) groups is 1. The molecule has 2 aromatic rings. The molecule has 1 aromatic carbocycles. The average Bonchev–Trinajstić information content (AvgIpc) is 2.46. The molecule has 0 radical (unpaired) electrons. The fourth-order valence-corrected chi connectivity index (χ4v) is 2.00. The van der Waals surface area contributed by atoms with E-state index in [4.69, 9.17) is 4.74 Å². The molecule has 0 atom stereocenters. The molecule has 0 spiro atoms. The molecule has 2 rings (SSSR count). The van der Waals surface area contributed by atoms with Gasteiger partial charge in [-0.2, -0.15) is 0 Å². The van der Waals surface area contributed by atoms with Gasteiger partial charge in [-0.25, -0.2) is 0 Å². The number of hydrogen-bond acceptors (Lipinski definition) is 3. The summed E-state index contributed by atoms with van der Waals surface area (Å²) in [5, 5.41) is 2.85. The Balaban J connectivity index is 2.10. The van der Waals surface area contributed by atoms with E-state index in [-0.39, 0.29) is 5.91 Å². The topological polar surface area (TPSA) is 51.2 Å². The zero-order valence-electron chi connectivity index (χ0n) is 10.4. The van der Waals surface area contributed by atoms with Gasteiger partial charge < -0.3 is 10.1 Å². The summed E-state index contributed by atoms with van der Waals surface area (Å²) in [5.74, 6) is 0.380. The van der Waals surface area contributed by atoms with Gasteiger partial charge >= 0.3 is 0 Å². The summed E-state index contributed by atoms with van der Waals surface area (Å²) in [6.07, 6.45) is 3.39. The van der Waals surface area contributed by atoms with Crippen molar-refractivity contribution in [3.63, 3.8) is 0 Å². The van der Waals surface area contributed by atoms with Crippen LogP contribution in [0.25, 0.3) is 0 Å². The fraction of sp³-hybridized carbons (Fsp3) is 0.143. The summed E-state index contributed by atoms with van der Waals surface area (Å²) in [7, 11) is 1.54. The Morgan fingerprint density at radius 3 is 2.74 bits per heavy atom. The molecule has 0 saturated heterocycles. The smallest absolute Gasteiger partial charge is 0.255 e. The highest BCUT2D eigenvalue weighted by molar-refractivity contribution is 9.10. The molecule has 1 N–H and O–H groups in total. The molecule has 5 heteroatoms. The highest BCUT2D eigenvalue weighted by Gasteiger charge is 2.12. The standard InChI is InChI=1S/C14H13BrN2O2/c1-19-13-3-2-11(15)8-12(13)14(18)17-9-10-4-6-16-7-5-10/h2-8H,9H2,1H3,(H,17,18). The van der Waals surface area contributed by atoms with Crippen LogP contribution in [-0.4, -0.2) is 18.0 Å². The Morgan fingerprint density at radius 2 is 2.05 bits per heavy atom. The maximum absolute atomic E-state index is 12.1. The van der Waals surface area contributed by atoms with E-state index in [1.165, 1.54) is 0 Å². The van der Waals surface area contributed by atoms with Crippen LogP contribution in [0.3, 0.4) is 0 Å². The third-order valence-corrected chi connectivity index (χ3v) is 3.10. The van der Waals surface area contributed by atoms with Crippen LogP contribution in [-0.2, 0) is 6.54 Å². The van der Waals surface area contributed by atoms with Crippen molar-refractivity contribution < 1.29 is 9.53 Å². The first-order valence-electron chi connectivity index (χ1n) is 5.71. The monoisotopic (exact) mass is 320 g/mol. The van der Waals surface area contributed by atoms with Gasteiger partial charge in [0.1, 0.15) is 5.75 Å². The zero-order chi connectivity index (χ0) is 13.7. The number of nitrogens with one attached hydrogen (secondary N) is 1. The van der Waals surface area contributed by atoms with Crippen molar-refractivity contribution in [2.24, 2.45) is 0 Å². The van der Waals surface area contributed by atoms with Gasteiger partial charge in [0.15, 0.2) is 0 Å². The summed E-state index contributed by atoms with van der Waals surface area (Å²) in [5.41, 5.74) is 1.50. The second kappa shape index (κ2) is 6.33. The third-order valence-electron chi connectivity index (χ3n) is 2.61. The van der Waals surface area contributed by atoms with Gasteiger partial charge in [-0.3, -0.25) is 9.78 Å². The number of aromatic nitrogens is 1. The molecule has 0 aliphatic rings. The molecule has 1 heterocycles. The summed E-state index contributed by atoms with van der Waals surface area (Å²) in [4.78, 5) is 16.1. The SMILES string of the molecule is COc1ccc(Br)cc1C(=O)NCc1ccncc1. The second-order valence-electron chi connectivity index (χ2n) is 3.88. The molecule has 0 unspecified atom stereocenters. The molecule has 0 aliphatic heterocycles. The predicted molar refractivity (Wildman–Crippen MR) is 76.1 cm³/mol. The van der Waals surface area contributed by atoms with Crippen LogP contribution in [0.5, 0.6) is 5.75 Å².